The van der Waals surface area contributed by atoms with Crippen molar-refractivity contribution in [2.45, 2.75) is 25.3 Å². The van der Waals surface area contributed by atoms with Crippen molar-refractivity contribution >= 4 is 21.6 Å². The van der Waals surface area contributed by atoms with Crippen LogP contribution in [0.1, 0.15) is 17.7 Å². The van der Waals surface area contributed by atoms with Crippen molar-refractivity contribution in [3.05, 3.63) is 46.3 Å². The molecule has 3 rings (SSSR count). The zero-order valence-electron chi connectivity index (χ0n) is 13.0. The van der Waals surface area contributed by atoms with Gasteiger partial charge >= 0.3 is 6.18 Å². The number of aliphatic hydroxyl groups excluding tert-OH is 1. The molecule has 1 saturated heterocycles. The first-order chi connectivity index (χ1) is 11.9. The van der Waals surface area contributed by atoms with E-state index in [2.05, 4.69) is 25.9 Å². The molecule has 5 nitrogen and oxygen atoms in total. The van der Waals surface area contributed by atoms with Crippen molar-refractivity contribution in [3.63, 3.8) is 0 Å². The number of nitrogens with zero attached hydrogens (tertiary/aromatic N) is 3. The summed E-state index contributed by atoms with van der Waals surface area (Å²) < 4.78 is 44.0. The Labute approximate surface area is 150 Å². The minimum Gasteiger partial charge on any atom is -0.472 e. The third-order valence-electron chi connectivity index (χ3n) is 3.90. The van der Waals surface area contributed by atoms with Crippen LogP contribution in [0.3, 0.4) is 0 Å². The lowest BCUT2D eigenvalue weighted by Crippen LogP contribution is -2.26. The average Bonchev–Trinajstić information content (AvgIpc) is 3.02. The van der Waals surface area contributed by atoms with Crippen LogP contribution in [-0.4, -0.2) is 34.3 Å². The van der Waals surface area contributed by atoms with E-state index < -0.39 is 11.7 Å². The van der Waals surface area contributed by atoms with E-state index in [1.807, 2.05) is 11.0 Å². The van der Waals surface area contributed by atoms with Gasteiger partial charge in [-0.3, -0.25) is 0 Å². The van der Waals surface area contributed by atoms with Crippen molar-refractivity contribution in [2.24, 2.45) is 0 Å². The Bertz CT molecular complexity index is 740. The lowest BCUT2D eigenvalue weighted by atomic mass is 10.3. The molecule has 2 aromatic rings. The smallest absolute Gasteiger partial charge is 0.417 e. The SMILES string of the molecule is OCc1nc(Br)ccc1N1CCC(Oc2ccc(C(F)(F)F)cn2)C1. The Morgan fingerprint density at radius 1 is 1.28 bits per heavy atom. The van der Waals surface area contributed by atoms with E-state index in [4.69, 9.17) is 4.74 Å². The highest BCUT2D eigenvalue weighted by atomic mass is 79.9. The van der Waals surface area contributed by atoms with Crippen molar-refractivity contribution in [3.8, 4) is 5.88 Å². The number of hydrogen-bond acceptors (Lipinski definition) is 5. The number of hydrogen-bond donors (Lipinski definition) is 1. The molecule has 1 aliphatic heterocycles. The Kier molecular flexibility index (Phi) is 5.14. The quantitative estimate of drug-likeness (QED) is 0.772. The number of halogens is 4. The van der Waals surface area contributed by atoms with Gasteiger partial charge in [-0.15, -0.1) is 0 Å². The molecule has 0 saturated carbocycles. The highest BCUT2D eigenvalue weighted by Gasteiger charge is 2.31. The molecule has 0 radical (unpaired) electrons. The first kappa shape index (κ1) is 17.9. The molecule has 0 aliphatic carbocycles. The van der Waals surface area contributed by atoms with Gasteiger partial charge in [-0.05, 0) is 34.1 Å². The molecule has 1 atom stereocenters. The van der Waals surface area contributed by atoms with E-state index >= 15 is 0 Å². The van der Waals surface area contributed by atoms with Crippen molar-refractivity contribution in [2.75, 3.05) is 18.0 Å². The summed E-state index contributed by atoms with van der Waals surface area (Å²) >= 11 is 3.27. The second-order valence-electron chi connectivity index (χ2n) is 5.62. The standard InChI is InChI=1S/C16H15BrF3N3O2/c17-14-3-2-13(12(9-24)22-14)23-6-5-11(8-23)25-15-4-1-10(7-21-15)16(18,19)20/h1-4,7,11,24H,5-6,8-9H2. The van der Waals surface area contributed by atoms with E-state index in [0.29, 0.717) is 29.8 Å². The summed E-state index contributed by atoms with van der Waals surface area (Å²) in [6.45, 7) is 1.05. The van der Waals surface area contributed by atoms with Gasteiger partial charge in [0.15, 0.2) is 0 Å². The van der Waals surface area contributed by atoms with Gasteiger partial charge in [0, 0.05) is 25.2 Å². The predicted octanol–water partition coefficient (Wildman–Crippen LogP) is 3.41. The molecule has 2 aromatic heterocycles. The Morgan fingerprint density at radius 3 is 2.72 bits per heavy atom. The first-order valence-corrected chi connectivity index (χ1v) is 8.37. The zero-order valence-corrected chi connectivity index (χ0v) is 14.6. The zero-order chi connectivity index (χ0) is 18.0. The highest BCUT2D eigenvalue weighted by molar-refractivity contribution is 9.10. The predicted molar refractivity (Wildman–Crippen MR) is 88.3 cm³/mol. The van der Waals surface area contributed by atoms with Gasteiger partial charge in [0.1, 0.15) is 10.7 Å². The van der Waals surface area contributed by atoms with Crippen LogP contribution in [0.2, 0.25) is 0 Å². The van der Waals surface area contributed by atoms with E-state index in [-0.39, 0.29) is 18.6 Å². The summed E-state index contributed by atoms with van der Waals surface area (Å²) in [6.07, 6.45) is -3.14. The van der Waals surface area contributed by atoms with Gasteiger partial charge in [0.05, 0.1) is 30.1 Å². The van der Waals surface area contributed by atoms with Gasteiger partial charge < -0.3 is 14.7 Å². The Hall–Kier alpha value is -1.87. The second-order valence-corrected chi connectivity index (χ2v) is 6.43. The number of anilines is 1. The van der Waals surface area contributed by atoms with Gasteiger partial charge in [0.2, 0.25) is 5.88 Å². The molecule has 1 aliphatic rings. The molecule has 25 heavy (non-hydrogen) atoms. The van der Waals surface area contributed by atoms with Crippen LogP contribution in [-0.2, 0) is 12.8 Å². The van der Waals surface area contributed by atoms with Gasteiger partial charge in [0.25, 0.3) is 0 Å². The van der Waals surface area contributed by atoms with Crippen LogP contribution in [0.5, 0.6) is 5.88 Å². The van der Waals surface area contributed by atoms with Crippen LogP contribution in [0.15, 0.2) is 35.1 Å². The summed E-state index contributed by atoms with van der Waals surface area (Å²) in [7, 11) is 0. The fraction of sp³-hybridized carbons (Fsp3) is 0.375. The molecule has 0 amide bonds. The number of alkyl halides is 3. The van der Waals surface area contributed by atoms with Crippen LogP contribution < -0.4 is 9.64 Å². The maximum Gasteiger partial charge on any atom is 0.417 e. The third-order valence-corrected chi connectivity index (χ3v) is 4.34. The molecule has 1 fully saturated rings. The normalized spacial score (nSPS) is 17.8. The average molecular weight is 418 g/mol. The fourth-order valence-electron chi connectivity index (χ4n) is 2.70. The maximum atomic E-state index is 12.5. The second kappa shape index (κ2) is 7.17. The molecule has 134 valence electrons. The molecule has 1 N–H and O–H groups in total. The minimum atomic E-state index is -4.41. The first-order valence-electron chi connectivity index (χ1n) is 7.58. The summed E-state index contributed by atoms with van der Waals surface area (Å²) in [6, 6.07) is 5.84. The van der Waals surface area contributed by atoms with E-state index in [1.54, 1.807) is 6.07 Å². The molecule has 1 unspecified atom stereocenters. The van der Waals surface area contributed by atoms with Crippen LogP contribution in [0.25, 0.3) is 0 Å². The topological polar surface area (TPSA) is 58.5 Å². The summed E-state index contributed by atoms with van der Waals surface area (Å²) in [4.78, 5) is 10.0. The van der Waals surface area contributed by atoms with Crippen molar-refractivity contribution in [1.29, 1.82) is 0 Å². The number of ether oxygens (including phenoxy) is 1. The van der Waals surface area contributed by atoms with Crippen LogP contribution in [0.4, 0.5) is 18.9 Å². The largest absolute Gasteiger partial charge is 0.472 e. The van der Waals surface area contributed by atoms with E-state index in [1.165, 1.54) is 6.07 Å². The number of rotatable bonds is 4. The van der Waals surface area contributed by atoms with E-state index in [9.17, 15) is 18.3 Å². The van der Waals surface area contributed by atoms with Crippen LogP contribution >= 0.6 is 15.9 Å². The molecule has 0 aromatic carbocycles. The highest BCUT2D eigenvalue weighted by Crippen LogP contribution is 2.30. The van der Waals surface area contributed by atoms with Gasteiger partial charge in [-0.25, -0.2) is 9.97 Å². The summed E-state index contributed by atoms with van der Waals surface area (Å²) in [5.74, 6) is 0.163. The Balaban J connectivity index is 1.65. The molecule has 0 bridgehead atoms. The number of aliphatic hydroxyl groups is 1. The fourth-order valence-corrected chi connectivity index (χ4v) is 3.05. The minimum absolute atomic E-state index is 0.163. The lowest BCUT2D eigenvalue weighted by molar-refractivity contribution is -0.137. The molecule has 0 spiro atoms. The molecule has 3 heterocycles. The Morgan fingerprint density at radius 2 is 2.08 bits per heavy atom. The monoisotopic (exact) mass is 417 g/mol. The summed E-state index contributed by atoms with van der Waals surface area (Å²) in [5.41, 5.74) is 0.571. The van der Waals surface area contributed by atoms with Crippen molar-refractivity contribution in [1.82, 2.24) is 9.97 Å². The van der Waals surface area contributed by atoms with Gasteiger partial charge in [-0.1, -0.05) is 0 Å². The number of pyridine rings is 2. The molecule has 9 heteroatoms. The molecular weight excluding hydrogens is 403 g/mol. The van der Waals surface area contributed by atoms with E-state index in [0.717, 1.165) is 18.0 Å². The number of aromatic nitrogens is 2. The van der Waals surface area contributed by atoms with Gasteiger partial charge in [-0.2, -0.15) is 13.2 Å². The molecular formula is C16H15BrF3N3O2. The van der Waals surface area contributed by atoms with Crippen LogP contribution in [0, 0.1) is 0 Å². The lowest BCUT2D eigenvalue weighted by Gasteiger charge is -2.21. The third kappa shape index (κ3) is 4.21. The summed E-state index contributed by atoms with van der Waals surface area (Å²) in [5, 5.41) is 9.45. The maximum absolute atomic E-state index is 12.5. The van der Waals surface area contributed by atoms with Crippen molar-refractivity contribution < 1.29 is 23.0 Å².